The molecule has 2 fully saturated rings. The zero-order valence-electron chi connectivity index (χ0n) is 8.24. The lowest BCUT2D eigenvalue weighted by molar-refractivity contribution is 0.0249. The lowest BCUT2D eigenvalue weighted by Crippen LogP contribution is -2.43. The Hall–Kier alpha value is -0.120. The summed E-state index contributed by atoms with van der Waals surface area (Å²) in [5.74, 6) is 0.558. The molecule has 0 aromatic heterocycles. The average molecular weight is 185 g/mol. The third-order valence-electron chi connectivity index (χ3n) is 3.43. The summed E-state index contributed by atoms with van der Waals surface area (Å²) in [5.41, 5.74) is -0.383. The van der Waals surface area contributed by atoms with Gasteiger partial charge in [0.1, 0.15) is 0 Å². The fraction of sp³-hybridized carbons (Fsp3) is 1.00. The number of rotatable bonds is 3. The normalized spacial score (nSPS) is 41.3. The van der Waals surface area contributed by atoms with E-state index < -0.39 is 0 Å². The second-order valence-electron chi connectivity index (χ2n) is 4.59. The highest BCUT2D eigenvalue weighted by atomic mass is 16.3. The molecule has 3 nitrogen and oxygen atoms in total. The summed E-state index contributed by atoms with van der Waals surface area (Å²) in [7, 11) is 0. The van der Waals surface area contributed by atoms with Crippen molar-refractivity contribution in [1.82, 2.24) is 4.90 Å². The first kappa shape index (κ1) is 9.44. The minimum Gasteiger partial charge on any atom is -0.392 e. The van der Waals surface area contributed by atoms with Crippen molar-refractivity contribution in [2.45, 2.75) is 37.9 Å². The average Bonchev–Trinajstić information content (AvgIpc) is 2.75. The Labute approximate surface area is 79.4 Å². The predicted molar refractivity (Wildman–Crippen MR) is 50.4 cm³/mol. The van der Waals surface area contributed by atoms with Gasteiger partial charge in [-0.05, 0) is 31.7 Å². The molecule has 1 saturated carbocycles. The van der Waals surface area contributed by atoms with Gasteiger partial charge in [0, 0.05) is 13.1 Å². The van der Waals surface area contributed by atoms with Crippen LogP contribution in [0.4, 0.5) is 0 Å². The topological polar surface area (TPSA) is 43.7 Å². The fourth-order valence-corrected chi connectivity index (χ4v) is 2.32. The minimum atomic E-state index is -0.383. The molecule has 1 saturated heterocycles. The number of likely N-dealkylation sites (tertiary alicyclic amines) is 1. The van der Waals surface area contributed by atoms with Crippen LogP contribution in [-0.2, 0) is 0 Å². The summed E-state index contributed by atoms with van der Waals surface area (Å²) < 4.78 is 0. The number of aliphatic hydroxyl groups is 2. The van der Waals surface area contributed by atoms with Crippen LogP contribution in [0.2, 0.25) is 0 Å². The molecule has 0 spiro atoms. The number of piperidine rings is 1. The summed E-state index contributed by atoms with van der Waals surface area (Å²) in [6, 6.07) is 0. The maximum Gasteiger partial charge on any atom is 0.0807 e. The van der Waals surface area contributed by atoms with Crippen molar-refractivity contribution in [3.63, 3.8) is 0 Å². The second kappa shape index (κ2) is 3.23. The van der Waals surface area contributed by atoms with Gasteiger partial charge in [-0.3, -0.25) is 4.90 Å². The summed E-state index contributed by atoms with van der Waals surface area (Å²) in [6.45, 7) is 4.54. The van der Waals surface area contributed by atoms with Gasteiger partial charge in [-0.2, -0.15) is 0 Å². The molecule has 76 valence electrons. The van der Waals surface area contributed by atoms with Crippen LogP contribution in [0.25, 0.3) is 0 Å². The number of aliphatic hydroxyl groups excluding tert-OH is 1. The van der Waals surface area contributed by atoms with Crippen LogP contribution in [0.1, 0.15) is 26.2 Å². The van der Waals surface area contributed by atoms with Gasteiger partial charge >= 0.3 is 0 Å². The number of hydrogen-bond donors (Lipinski definition) is 2. The lowest BCUT2D eigenvalue weighted by atomic mass is 10.1. The zero-order chi connectivity index (χ0) is 9.47. The first-order valence-electron chi connectivity index (χ1n) is 5.27. The summed E-state index contributed by atoms with van der Waals surface area (Å²) in [6.07, 6.45) is 2.66. The van der Waals surface area contributed by atoms with Gasteiger partial charge in [0.2, 0.25) is 0 Å². The number of β-amino-alcohol motifs (C(OH)–C–C–N with tert-alkyl or cyclic N) is 2. The first-order chi connectivity index (χ1) is 6.14. The highest BCUT2D eigenvalue weighted by Crippen LogP contribution is 2.48. The van der Waals surface area contributed by atoms with E-state index in [2.05, 4.69) is 4.90 Å². The van der Waals surface area contributed by atoms with E-state index in [1.54, 1.807) is 0 Å². The van der Waals surface area contributed by atoms with Crippen molar-refractivity contribution >= 4 is 0 Å². The Morgan fingerprint density at radius 1 is 1.62 bits per heavy atom. The minimum absolute atomic E-state index is 0.223. The monoisotopic (exact) mass is 185 g/mol. The molecule has 1 heterocycles. The van der Waals surface area contributed by atoms with Crippen LogP contribution in [0.3, 0.4) is 0 Å². The maximum atomic E-state index is 9.88. The first-order valence-corrected chi connectivity index (χ1v) is 5.27. The molecule has 2 N–H and O–H groups in total. The van der Waals surface area contributed by atoms with Crippen molar-refractivity contribution in [3.8, 4) is 0 Å². The summed E-state index contributed by atoms with van der Waals surface area (Å²) in [5, 5.41) is 19.4. The van der Waals surface area contributed by atoms with Gasteiger partial charge in [-0.1, -0.05) is 6.92 Å². The van der Waals surface area contributed by atoms with Crippen LogP contribution >= 0.6 is 0 Å². The van der Waals surface area contributed by atoms with E-state index in [0.717, 1.165) is 38.9 Å². The number of hydrogen-bond acceptors (Lipinski definition) is 3. The van der Waals surface area contributed by atoms with E-state index in [0.29, 0.717) is 5.92 Å². The third-order valence-corrected chi connectivity index (χ3v) is 3.43. The molecule has 3 atom stereocenters. The van der Waals surface area contributed by atoms with Gasteiger partial charge < -0.3 is 10.2 Å². The van der Waals surface area contributed by atoms with Crippen LogP contribution in [0, 0.1) is 5.92 Å². The van der Waals surface area contributed by atoms with Crippen LogP contribution in [0.15, 0.2) is 0 Å². The van der Waals surface area contributed by atoms with Gasteiger partial charge in [0.15, 0.2) is 0 Å². The molecule has 0 aromatic rings. The van der Waals surface area contributed by atoms with Crippen molar-refractivity contribution in [3.05, 3.63) is 0 Å². The molecule has 3 heteroatoms. The molecular formula is C10H19NO2. The Bertz CT molecular complexity index is 197. The fourth-order valence-electron chi connectivity index (χ4n) is 2.32. The second-order valence-corrected chi connectivity index (χ2v) is 4.59. The molecule has 1 aliphatic carbocycles. The van der Waals surface area contributed by atoms with Gasteiger partial charge in [0.05, 0.1) is 11.7 Å². The van der Waals surface area contributed by atoms with E-state index in [1.807, 2.05) is 6.92 Å². The van der Waals surface area contributed by atoms with E-state index in [-0.39, 0.29) is 11.7 Å². The Kier molecular flexibility index (Phi) is 2.34. The smallest absolute Gasteiger partial charge is 0.0807 e. The van der Waals surface area contributed by atoms with Crippen molar-refractivity contribution in [2.75, 3.05) is 19.6 Å². The van der Waals surface area contributed by atoms with Crippen LogP contribution < -0.4 is 0 Å². The quantitative estimate of drug-likeness (QED) is 0.661. The highest BCUT2D eigenvalue weighted by molar-refractivity contribution is 5.08. The Balaban J connectivity index is 1.81. The number of fused-ring (bicyclic) bond motifs is 1. The van der Waals surface area contributed by atoms with E-state index in [9.17, 15) is 10.2 Å². The largest absolute Gasteiger partial charge is 0.392 e. The van der Waals surface area contributed by atoms with E-state index in [4.69, 9.17) is 0 Å². The SMILES string of the molecule is CC[C@H](O)CN1CC[C@@H]2C[C@]2(O)C1. The van der Waals surface area contributed by atoms with Crippen molar-refractivity contribution in [2.24, 2.45) is 5.92 Å². The zero-order valence-corrected chi connectivity index (χ0v) is 8.24. The lowest BCUT2D eigenvalue weighted by Gasteiger charge is -2.31. The van der Waals surface area contributed by atoms with Gasteiger partial charge in [-0.25, -0.2) is 0 Å². The number of nitrogens with zero attached hydrogens (tertiary/aromatic N) is 1. The molecule has 0 amide bonds. The van der Waals surface area contributed by atoms with Gasteiger partial charge in [0.25, 0.3) is 0 Å². The van der Waals surface area contributed by atoms with E-state index >= 15 is 0 Å². The maximum absolute atomic E-state index is 9.88. The highest BCUT2D eigenvalue weighted by Gasteiger charge is 2.55. The summed E-state index contributed by atoms with van der Waals surface area (Å²) >= 11 is 0. The molecule has 0 radical (unpaired) electrons. The van der Waals surface area contributed by atoms with E-state index in [1.165, 1.54) is 0 Å². The molecule has 0 aromatic carbocycles. The van der Waals surface area contributed by atoms with Crippen LogP contribution in [-0.4, -0.2) is 46.5 Å². The standard InChI is InChI=1S/C10H19NO2/c1-2-9(12)6-11-4-3-8-5-10(8,13)7-11/h8-9,12-13H,2-7H2,1H3/t8-,9+,10+/m1/s1. The Morgan fingerprint density at radius 3 is 3.00 bits per heavy atom. The molecular weight excluding hydrogens is 166 g/mol. The van der Waals surface area contributed by atoms with Gasteiger partial charge in [-0.15, -0.1) is 0 Å². The molecule has 13 heavy (non-hydrogen) atoms. The third kappa shape index (κ3) is 1.87. The van der Waals surface area contributed by atoms with Crippen molar-refractivity contribution < 1.29 is 10.2 Å². The predicted octanol–water partition coefficient (Wildman–Crippen LogP) is 0.214. The molecule has 1 aliphatic heterocycles. The Morgan fingerprint density at radius 2 is 2.38 bits per heavy atom. The summed E-state index contributed by atoms with van der Waals surface area (Å²) in [4.78, 5) is 2.19. The molecule has 0 bridgehead atoms. The van der Waals surface area contributed by atoms with Crippen LogP contribution in [0.5, 0.6) is 0 Å². The molecule has 2 rings (SSSR count). The molecule has 2 aliphatic rings. The molecule has 0 unspecified atom stereocenters. The van der Waals surface area contributed by atoms with Crippen molar-refractivity contribution in [1.29, 1.82) is 0 Å².